The summed E-state index contributed by atoms with van der Waals surface area (Å²) < 4.78 is 0. The van der Waals surface area contributed by atoms with Gasteiger partial charge in [-0.3, -0.25) is 9.59 Å². The topological polar surface area (TPSA) is 102 Å². The highest BCUT2D eigenvalue weighted by Gasteiger charge is 2.44. The molecule has 2 aliphatic rings. The second-order valence-electron chi connectivity index (χ2n) is 7.13. The van der Waals surface area contributed by atoms with Gasteiger partial charge in [0, 0.05) is 18.2 Å². The number of hydrogen-bond acceptors (Lipinski definition) is 4. The fraction of sp³-hybridized carbons (Fsp3) is 0.526. The first kappa shape index (κ1) is 17.3. The third-order valence-corrected chi connectivity index (χ3v) is 5.24. The Morgan fingerprint density at radius 1 is 1.20 bits per heavy atom. The summed E-state index contributed by atoms with van der Waals surface area (Å²) in [4.78, 5) is 25.0. The van der Waals surface area contributed by atoms with Crippen LogP contribution >= 0.6 is 0 Å². The molecule has 0 spiro atoms. The minimum Gasteiger partial charge on any atom is -0.508 e. The van der Waals surface area contributed by atoms with Gasteiger partial charge in [0.15, 0.2) is 0 Å². The van der Waals surface area contributed by atoms with Crippen molar-refractivity contribution in [2.24, 2.45) is 11.3 Å². The molecule has 2 amide bonds. The lowest BCUT2D eigenvalue weighted by Gasteiger charge is -2.31. The molecular weight excluding hydrogens is 318 g/mol. The lowest BCUT2D eigenvalue weighted by molar-refractivity contribution is -0.126. The number of nitriles is 1. The van der Waals surface area contributed by atoms with Gasteiger partial charge < -0.3 is 15.7 Å². The highest BCUT2D eigenvalue weighted by Crippen LogP contribution is 2.44. The normalized spacial score (nSPS) is 24.0. The molecule has 3 N–H and O–H groups in total. The van der Waals surface area contributed by atoms with Crippen molar-refractivity contribution in [2.75, 3.05) is 6.54 Å². The highest BCUT2D eigenvalue weighted by atomic mass is 16.3. The predicted molar refractivity (Wildman–Crippen MR) is 91.6 cm³/mol. The fourth-order valence-corrected chi connectivity index (χ4v) is 3.35. The van der Waals surface area contributed by atoms with Crippen LogP contribution in [-0.4, -0.2) is 29.5 Å². The van der Waals surface area contributed by atoms with Crippen LogP contribution in [0.5, 0.6) is 5.75 Å². The molecule has 0 unspecified atom stereocenters. The van der Waals surface area contributed by atoms with Gasteiger partial charge in [-0.05, 0) is 49.9 Å². The zero-order chi connectivity index (χ0) is 17.9. The van der Waals surface area contributed by atoms with Crippen LogP contribution in [-0.2, 0) is 4.79 Å². The van der Waals surface area contributed by atoms with E-state index < -0.39 is 0 Å². The molecule has 6 nitrogen and oxygen atoms in total. The quantitative estimate of drug-likeness (QED) is 0.763. The number of nitrogens with zero attached hydrogens (tertiary/aromatic N) is 1. The monoisotopic (exact) mass is 341 g/mol. The van der Waals surface area contributed by atoms with E-state index in [1.807, 2.05) is 0 Å². The Hall–Kier alpha value is -2.55. The lowest BCUT2D eigenvalue weighted by atomic mass is 9.83. The SMILES string of the molecule is N#CC1(CNC(=O)[C@@H]2CCCC[C@@H]2NC(=O)c2ccc(O)cc2)CC1. The number of phenolic OH excluding ortho intramolecular Hbond substituents is 1. The molecule has 0 saturated heterocycles. The summed E-state index contributed by atoms with van der Waals surface area (Å²) >= 11 is 0. The minimum absolute atomic E-state index is 0.0720. The number of phenols is 1. The molecule has 132 valence electrons. The second-order valence-corrected chi connectivity index (χ2v) is 7.13. The van der Waals surface area contributed by atoms with Gasteiger partial charge in [-0.1, -0.05) is 12.8 Å². The van der Waals surface area contributed by atoms with E-state index in [2.05, 4.69) is 16.7 Å². The van der Waals surface area contributed by atoms with Gasteiger partial charge >= 0.3 is 0 Å². The number of carbonyl (C=O) groups is 2. The van der Waals surface area contributed by atoms with E-state index in [-0.39, 0.29) is 34.9 Å². The van der Waals surface area contributed by atoms with Crippen molar-refractivity contribution >= 4 is 11.8 Å². The van der Waals surface area contributed by atoms with Gasteiger partial charge in [0.2, 0.25) is 5.91 Å². The Kier molecular flexibility index (Phi) is 4.93. The molecule has 2 fully saturated rings. The van der Waals surface area contributed by atoms with Gasteiger partial charge in [-0.15, -0.1) is 0 Å². The van der Waals surface area contributed by atoms with Crippen LogP contribution in [0.4, 0.5) is 0 Å². The summed E-state index contributed by atoms with van der Waals surface area (Å²) in [6, 6.07) is 8.14. The van der Waals surface area contributed by atoms with Crippen molar-refractivity contribution in [1.29, 1.82) is 5.26 Å². The first-order chi connectivity index (χ1) is 12.0. The summed E-state index contributed by atoms with van der Waals surface area (Å²) in [5.41, 5.74) is 0.0960. The van der Waals surface area contributed by atoms with Gasteiger partial charge in [0.25, 0.3) is 5.91 Å². The summed E-state index contributed by atoms with van der Waals surface area (Å²) in [6.07, 6.45) is 5.14. The Labute approximate surface area is 147 Å². The van der Waals surface area contributed by atoms with E-state index in [1.54, 1.807) is 12.1 Å². The van der Waals surface area contributed by atoms with Gasteiger partial charge in [-0.25, -0.2) is 0 Å². The van der Waals surface area contributed by atoms with E-state index in [4.69, 9.17) is 5.26 Å². The number of nitrogens with one attached hydrogen (secondary N) is 2. The van der Waals surface area contributed by atoms with Crippen molar-refractivity contribution in [1.82, 2.24) is 10.6 Å². The maximum absolute atomic E-state index is 12.6. The molecule has 0 aliphatic heterocycles. The summed E-state index contributed by atoms with van der Waals surface area (Å²) in [7, 11) is 0. The third-order valence-electron chi connectivity index (χ3n) is 5.24. The van der Waals surface area contributed by atoms with Crippen molar-refractivity contribution in [3.8, 4) is 11.8 Å². The number of amides is 2. The Morgan fingerprint density at radius 3 is 2.52 bits per heavy atom. The molecule has 2 aliphatic carbocycles. The summed E-state index contributed by atoms with van der Waals surface area (Å²) in [6.45, 7) is 0.400. The van der Waals surface area contributed by atoms with Crippen LogP contribution in [0.1, 0.15) is 48.9 Å². The number of aromatic hydroxyl groups is 1. The average Bonchev–Trinajstić information content (AvgIpc) is 3.41. The molecule has 0 heterocycles. The largest absolute Gasteiger partial charge is 0.508 e. The third kappa shape index (κ3) is 4.11. The van der Waals surface area contributed by atoms with E-state index in [9.17, 15) is 14.7 Å². The molecule has 6 heteroatoms. The van der Waals surface area contributed by atoms with Crippen molar-refractivity contribution in [3.05, 3.63) is 29.8 Å². The molecule has 1 aromatic carbocycles. The molecular formula is C19H23N3O3. The predicted octanol–water partition coefficient (Wildman–Crippen LogP) is 2.10. The molecule has 0 bridgehead atoms. The van der Waals surface area contributed by atoms with Crippen molar-refractivity contribution in [3.63, 3.8) is 0 Å². The second kappa shape index (κ2) is 7.14. The van der Waals surface area contributed by atoms with Crippen LogP contribution in [0.3, 0.4) is 0 Å². The standard InChI is InChI=1S/C19H23N3O3/c20-11-19(9-10-19)12-21-18(25)15-3-1-2-4-16(15)22-17(24)13-5-7-14(23)8-6-13/h5-8,15-16,23H,1-4,9-10,12H2,(H,21,25)(H,22,24)/t15-,16+/m1/s1. The maximum atomic E-state index is 12.6. The zero-order valence-electron chi connectivity index (χ0n) is 14.1. The summed E-state index contributed by atoms with van der Waals surface area (Å²) in [5.74, 6) is -0.458. The summed E-state index contributed by atoms with van der Waals surface area (Å²) in [5, 5.41) is 24.3. The Morgan fingerprint density at radius 2 is 1.88 bits per heavy atom. The minimum atomic E-state index is -0.366. The lowest BCUT2D eigenvalue weighted by Crippen LogP contribution is -2.49. The molecule has 2 saturated carbocycles. The number of hydrogen-bond donors (Lipinski definition) is 3. The van der Waals surface area contributed by atoms with Crippen LogP contribution in [0, 0.1) is 22.7 Å². The fourth-order valence-electron chi connectivity index (χ4n) is 3.35. The van der Waals surface area contributed by atoms with E-state index in [0.29, 0.717) is 12.1 Å². The van der Waals surface area contributed by atoms with Gasteiger partial charge in [-0.2, -0.15) is 5.26 Å². The van der Waals surface area contributed by atoms with Crippen molar-refractivity contribution < 1.29 is 14.7 Å². The number of benzene rings is 1. The smallest absolute Gasteiger partial charge is 0.251 e. The molecule has 2 atom stereocenters. The van der Waals surface area contributed by atoms with Crippen LogP contribution < -0.4 is 10.6 Å². The van der Waals surface area contributed by atoms with E-state index in [1.165, 1.54) is 12.1 Å². The van der Waals surface area contributed by atoms with Gasteiger partial charge in [0.05, 0.1) is 17.4 Å². The molecule has 0 aromatic heterocycles. The zero-order valence-corrected chi connectivity index (χ0v) is 14.1. The number of rotatable bonds is 5. The highest BCUT2D eigenvalue weighted by molar-refractivity contribution is 5.95. The van der Waals surface area contributed by atoms with Crippen LogP contribution in [0.2, 0.25) is 0 Å². The Balaban J connectivity index is 1.60. The molecule has 1 aromatic rings. The molecule has 3 rings (SSSR count). The molecule has 25 heavy (non-hydrogen) atoms. The van der Waals surface area contributed by atoms with Crippen LogP contribution in [0.25, 0.3) is 0 Å². The Bertz CT molecular complexity index is 689. The molecule has 0 radical (unpaired) electrons. The van der Waals surface area contributed by atoms with Gasteiger partial charge in [0.1, 0.15) is 5.75 Å². The van der Waals surface area contributed by atoms with Crippen LogP contribution in [0.15, 0.2) is 24.3 Å². The van der Waals surface area contributed by atoms with E-state index in [0.717, 1.165) is 38.5 Å². The average molecular weight is 341 g/mol. The van der Waals surface area contributed by atoms with E-state index >= 15 is 0 Å². The van der Waals surface area contributed by atoms with Crippen molar-refractivity contribution in [2.45, 2.75) is 44.6 Å². The first-order valence-corrected chi connectivity index (χ1v) is 8.82. The first-order valence-electron chi connectivity index (χ1n) is 8.82. The maximum Gasteiger partial charge on any atom is 0.251 e. The number of carbonyl (C=O) groups excluding carboxylic acids is 2.